The van der Waals surface area contributed by atoms with Gasteiger partial charge in [0.1, 0.15) is 6.04 Å². The van der Waals surface area contributed by atoms with Crippen LogP contribution in [0.25, 0.3) is 0 Å². The van der Waals surface area contributed by atoms with E-state index in [9.17, 15) is 9.59 Å². The van der Waals surface area contributed by atoms with Gasteiger partial charge in [0.15, 0.2) is 0 Å². The van der Waals surface area contributed by atoms with E-state index in [-0.39, 0.29) is 5.91 Å². The van der Waals surface area contributed by atoms with Gasteiger partial charge in [-0.25, -0.2) is 0 Å². The molecule has 21 heavy (non-hydrogen) atoms. The Bertz CT molecular complexity index is 597. The van der Waals surface area contributed by atoms with Gasteiger partial charge in [-0.3, -0.25) is 9.59 Å². The van der Waals surface area contributed by atoms with Crippen molar-refractivity contribution in [2.45, 2.75) is 18.9 Å². The van der Waals surface area contributed by atoms with Crippen molar-refractivity contribution in [3.63, 3.8) is 0 Å². The average molecular weight is 282 g/mol. The van der Waals surface area contributed by atoms with Crippen molar-refractivity contribution in [2.75, 3.05) is 0 Å². The lowest BCUT2D eigenvalue weighted by atomic mass is 10.0. The van der Waals surface area contributed by atoms with Gasteiger partial charge in [0.05, 0.1) is 0 Å². The first-order valence-electron chi connectivity index (χ1n) is 6.86. The number of nitrogens with one attached hydrogen (secondary N) is 1. The molecule has 4 heteroatoms. The molecular weight excluding hydrogens is 264 g/mol. The Hall–Kier alpha value is -2.62. The van der Waals surface area contributed by atoms with E-state index >= 15 is 0 Å². The Morgan fingerprint density at radius 3 is 2.10 bits per heavy atom. The van der Waals surface area contributed by atoms with E-state index in [4.69, 9.17) is 5.73 Å². The molecule has 0 fully saturated rings. The molecule has 1 atom stereocenters. The molecule has 0 saturated carbocycles. The Kier molecular flexibility index (Phi) is 5.10. The molecule has 3 N–H and O–H groups in total. The first-order valence-corrected chi connectivity index (χ1v) is 6.86. The highest BCUT2D eigenvalue weighted by atomic mass is 16.2. The second-order valence-corrected chi connectivity index (χ2v) is 4.82. The number of aryl methyl sites for hydroxylation is 1. The van der Waals surface area contributed by atoms with Crippen LogP contribution in [-0.2, 0) is 11.2 Å². The fraction of sp³-hybridized carbons (Fsp3) is 0.176. The largest absolute Gasteiger partial charge is 0.368 e. The van der Waals surface area contributed by atoms with Gasteiger partial charge in [0.2, 0.25) is 5.91 Å². The minimum atomic E-state index is -0.669. The van der Waals surface area contributed by atoms with Crippen LogP contribution in [0.3, 0.4) is 0 Å². The summed E-state index contributed by atoms with van der Waals surface area (Å²) in [6.45, 7) is 0. The summed E-state index contributed by atoms with van der Waals surface area (Å²) in [5, 5.41) is 2.69. The van der Waals surface area contributed by atoms with Gasteiger partial charge in [-0.15, -0.1) is 0 Å². The summed E-state index contributed by atoms with van der Waals surface area (Å²) < 4.78 is 0. The van der Waals surface area contributed by atoms with Crippen molar-refractivity contribution in [3.05, 3.63) is 71.8 Å². The summed E-state index contributed by atoms with van der Waals surface area (Å²) in [6, 6.07) is 17.9. The standard InChI is InChI=1S/C17H18N2O2/c18-16(20)15(12-11-13-7-3-1-4-8-13)19-17(21)14-9-5-2-6-10-14/h1-10,15H,11-12H2,(H2,18,20)(H,19,21)/t15-/m0/s1. The van der Waals surface area contributed by atoms with Crippen molar-refractivity contribution in [3.8, 4) is 0 Å². The van der Waals surface area contributed by atoms with Crippen LogP contribution in [0.5, 0.6) is 0 Å². The number of benzene rings is 2. The maximum absolute atomic E-state index is 12.1. The van der Waals surface area contributed by atoms with E-state index in [0.29, 0.717) is 18.4 Å². The molecule has 0 spiro atoms. The fourth-order valence-electron chi connectivity index (χ4n) is 2.07. The first kappa shape index (κ1) is 14.8. The van der Waals surface area contributed by atoms with Gasteiger partial charge in [0, 0.05) is 5.56 Å². The number of rotatable bonds is 6. The van der Waals surface area contributed by atoms with Gasteiger partial charge >= 0.3 is 0 Å². The third-order valence-corrected chi connectivity index (χ3v) is 3.25. The van der Waals surface area contributed by atoms with Crippen LogP contribution in [0.4, 0.5) is 0 Å². The predicted octanol–water partition coefficient (Wildman–Crippen LogP) is 1.90. The van der Waals surface area contributed by atoms with E-state index in [2.05, 4.69) is 5.32 Å². The normalized spacial score (nSPS) is 11.6. The molecule has 0 aromatic heterocycles. The van der Waals surface area contributed by atoms with Gasteiger partial charge in [-0.1, -0.05) is 48.5 Å². The molecule has 0 unspecified atom stereocenters. The highest BCUT2D eigenvalue weighted by Crippen LogP contribution is 2.06. The van der Waals surface area contributed by atoms with Crippen molar-refractivity contribution < 1.29 is 9.59 Å². The van der Waals surface area contributed by atoms with Crippen LogP contribution in [0.15, 0.2) is 60.7 Å². The van der Waals surface area contributed by atoms with E-state index in [0.717, 1.165) is 5.56 Å². The number of carbonyl (C=O) groups is 2. The Morgan fingerprint density at radius 1 is 0.952 bits per heavy atom. The third-order valence-electron chi connectivity index (χ3n) is 3.25. The van der Waals surface area contributed by atoms with Gasteiger partial charge < -0.3 is 11.1 Å². The molecule has 2 amide bonds. The molecule has 2 rings (SSSR count). The number of amides is 2. The molecule has 2 aromatic carbocycles. The van der Waals surface area contributed by atoms with Crippen LogP contribution < -0.4 is 11.1 Å². The minimum Gasteiger partial charge on any atom is -0.368 e. The number of carbonyl (C=O) groups excluding carboxylic acids is 2. The van der Waals surface area contributed by atoms with Gasteiger partial charge in [-0.2, -0.15) is 0 Å². The molecule has 0 aliphatic carbocycles. The number of nitrogens with two attached hydrogens (primary N) is 1. The van der Waals surface area contributed by atoms with E-state index in [1.165, 1.54) is 0 Å². The van der Waals surface area contributed by atoms with Crippen LogP contribution >= 0.6 is 0 Å². The lowest BCUT2D eigenvalue weighted by Crippen LogP contribution is -2.44. The summed E-state index contributed by atoms with van der Waals surface area (Å²) in [5.74, 6) is -0.803. The zero-order valence-corrected chi connectivity index (χ0v) is 11.7. The second kappa shape index (κ2) is 7.24. The summed E-state index contributed by atoms with van der Waals surface area (Å²) >= 11 is 0. The summed E-state index contributed by atoms with van der Waals surface area (Å²) in [6.07, 6.45) is 1.17. The molecule has 108 valence electrons. The molecule has 0 heterocycles. The Balaban J connectivity index is 1.96. The molecule has 0 bridgehead atoms. The van der Waals surface area contributed by atoms with E-state index < -0.39 is 11.9 Å². The fourth-order valence-corrected chi connectivity index (χ4v) is 2.07. The SMILES string of the molecule is NC(=O)[C@H](CCc1ccccc1)NC(=O)c1ccccc1. The molecule has 0 aliphatic rings. The predicted molar refractivity (Wildman–Crippen MR) is 81.7 cm³/mol. The quantitative estimate of drug-likeness (QED) is 0.849. The van der Waals surface area contributed by atoms with Crippen molar-refractivity contribution in [1.29, 1.82) is 0 Å². The van der Waals surface area contributed by atoms with Crippen LogP contribution in [0.2, 0.25) is 0 Å². The molecule has 4 nitrogen and oxygen atoms in total. The highest BCUT2D eigenvalue weighted by molar-refractivity contribution is 5.97. The monoisotopic (exact) mass is 282 g/mol. The molecule has 0 aliphatic heterocycles. The Morgan fingerprint density at radius 2 is 1.52 bits per heavy atom. The molecule has 0 radical (unpaired) electrons. The average Bonchev–Trinajstić information content (AvgIpc) is 2.52. The maximum Gasteiger partial charge on any atom is 0.251 e. The van der Waals surface area contributed by atoms with Gasteiger partial charge in [0.25, 0.3) is 5.91 Å². The number of hydrogen-bond acceptors (Lipinski definition) is 2. The summed E-state index contributed by atoms with van der Waals surface area (Å²) in [7, 11) is 0. The van der Waals surface area contributed by atoms with Crippen LogP contribution in [0.1, 0.15) is 22.3 Å². The lowest BCUT2D eigenvalue weighted by molar-refractivity contribution is -0.120. The van der Waals surface area contributed by atoms with Crippen molar-refractivity contribution in [1.82, 2.24) is 5.32 Å². The van der Waals surface area contributed by atoms with E-state index in [1.807, 2.05) is 36.4 Å². The highest BCUT2D eigenvalue weighted by Gasteiger charge is 2.18. The summed E-state index contributed by atoms with van der Waals surface area (Å²) in [5.41, 5.74) is 7.00. The summed E-state index contributed by atoms with van der Waals surface area (Å²) in [4.78, 5) is 23.5. The third kappa shape index (κ3) is 4.45. The molecular formula is C17H18N2O2. The molecule has 0 saturated heterocycles. The van der Waals surface area contributed by atoms with Crippen LogP contribution in [0, 0.1) is 0 Å². The zero-order valence-electron chi connectivity index (χ0n) is 11.7. The first-order chi connectivity index (χ1) is 10.2. The zero-order chi connectivity index (χ0) is 15.1. The maximum atomic E-state index is 12.1. The second-order valence-electron chi connectivity index (χ2n) is 4.82. The van der Waals surface area contributed by atoms with E-state index in [1.54, 1.807) is 24.3 Å². The van der Waals surface area contributed by atoms with Crippen LogP contribution in [-0.4, -0.2) is 17.9 Å². The van der Waals surface area contributed by atoms with Gasteiger partial charge in [-0.05, 0) is 30.5 Å². The topological polar surface area (TPSA) is 72.2 Å². The van der Waals surface area contributed by atoms with Crippen molar-refractivity contribution >= 4 is 11.8 Å². The Labute approximate surface area is 124 Å². The lowest BCUT2D eigenvalue weighted by Gasteiger charge is -2.15. The number of primary amides is 1. The van der Waals surface area contributed by atoms with Crippen molar-refractivity contribution in [2.24, 2.45) is 5.73 Å². The number of hydrogen-bond donors (Lipinski definition) is 2. The smallest absolute Gasteiger partial charge is 0.251 e. The molecule has 2 aromatic rings. The minimum absolute atomic E-state index is 0.285.